The van der Waals surface area contributed by atoms with E-state index < -0.39 is 48.6 Å². The van der Waals surface area contributed by atoms with Crippen LogP contribution < -0.4 is 11.4 Å². The van der Waals surface area contributed by atoms with Crippen LogP contribution in [0.15, 0.2) is 11.0 Å². The van der Waals surface area contributed by atoms with E-state index in [4.69, 9.17) is 27.4 Å². The zero-order valence-electron chi connectivity index (χ0n) is 14.5. The zero-order chi connectivity index (χ0) is 20.5. The van der Waals surface area contributed by atoms with Gasteiger partial charge in [0.15, 0.2) is 19.1 Å². The first-order chi connectivity index (χ1) is 12.5. The predicted octanol–water partition coefficient (Wildman–Crippen LogP) is -0.839. The average Bonchev–Trinajstić information content (AvgIpc) is 2.84. The van der Waals surface area contributed by atoms with Gasteiger partial charge < -0.3 is 25.4 Å². The second kappa shape index (κ2) is 7.94. The first-order valence-corrected chi connectivity index (χ1v) is 8.38. The number of rotatable bonds is 6. The van der Waals surface area contributed by atoms with Crippen molar-refractivity contribution in [3.05, 3.63) is 26.9 Å². The van der Waals surface area contributed by atoms with Crippen LogP contribution in [0.2, 0.25) is 0 Å². The van der Waals surface area contributed by atoms with Crippen LogP contribution in [0.1, 0.15) is 30.4 Å². The van der Waals surface area contributed by atoms with Crippen molar-refractivity contribution in [2.75, 3.05) is 6.61 Å². The molecular weight excluding hydrogens is 385 g/mol. The van der Waals surface area contributed by atoms with Gasteiger partial charge in [-0.25, -0.2) is 9.18 Å². The molecule has 10 nitrogen and oxygen atoms in total. The number of aromatic amines is 1. The molecule has 0 aromatic carbocycles. The number of hydrogen-bond donors (Lipinski definition) is 4. The second-order valence-corrected chi connectivity index (χ2v) is 6.88. The van der Waals surface area contributed by atoms with Gasteiger partial charge in [0.2, 0.25) is 0 Å². The van der Waals surface area contributed by atoms with Crippen molar-refractivity contribution < 1.29 is 33.7 Å². The molecule has 0 aliphatic carbocycles. The van der Waals surface area contributed by atoms with Gasteiger partial charge in [-0.1, -0.05) is 26.1 Å². The van der Waals surface area contributed by atoms with Gasteiger partial charge in [0, 0.05) is 6.20 Å². The maximum absolute atomic E-state index is 14.9. The number of halogens is 1. The lowest BCUT2D eigenvalue weighted by molar-refractivity contribution is -0.217. The van der Waals surface area contributed by atoms with Crippen molar-refractivity contribution in [2.45, 2.75) is 44.2 Å². The van der Waals surface area contributed by atoms with Crippen LogP contribution in [0, 0.1) is 10.6 Å². The molecule has 2 rings (SSSR count). The Morgan fingerprint density at radius 2 is 2.22 bits per heavy atom. The van der Waals surface area contributed by atoms with Gasteiger partial charge in [-0.05, 0) is 5.92 Å². The number of aldehydes is 1. The number of H-pyrrole nitrogens is 1. The minimum Gasteiger partial charge on any atom is -0.458 e. The summed E-state index contributed by atoms with van der Waals surface area (Å²) < 4.78 is 25.2. The lowest BCUT2D eigenvalue weighted by Gasteiger charge is -2.24. The number of nitrogens with two attached hydrogens (primary N) is 1. The number of carbonyl (C=O) groups excluding carboxylic acids is 2. The third-order valence-electron chi connectivity index (χ3n) is 4.17. The number of esters is 1. The topological polar surface area (TPSA) is 157 Å². The Balaban J connectivity index is 2.25. The molecule has 0 amide bonds. The van der Waals surface area contributed by atoms with Crippen LogP contribution in [0.3, 0.4) is 0 Å². The monoisotopic (exact) mass is 405 g/mol. The van der Waals surface area contributed by atoms with Crippen molar-refractivity contribution in [2.24, 2.45) is 11.7 Å². The molecule has 150 valence electrons. The number of aliphatic hydroxyl groups is 2. The van der Waals surface area contributed by atoms with Gasteiger partial charge in [-0.2, -0.15) is 0 Å². The van der Waals surface area contributed by atoms with E-state index in [1.165, 1.54) is 0 Å². The van der Waals surface area contributed by atoms with Crippen molar-refractivity contribution >= 4 is 24.5 Å². The molecule has 1 aromatic heterocycles. The summed E-state index contributed by atoms with van der Waals surface area (Å²) in [5.41, 5.74) is 4.58. The summed E-state index contributed by atoms with van der Waals surface area (Å²) in [6, 6.07) is -1.01. The Labute approximate surface area is 157 Å². The minimum atomic E-state index is -3.00. The lowest BCUT2D eigenvalue weighted by atomic mass is 10.1. The Morgan fingerprint density at radius 3 is 2.78 bits per heavy atom. The largest absolute Gasteiger partial charge is 0.458 e. The normalized spacial score (nSPS) is 28.9. The lowest BCUT2D eigenvalue weighted by Crippen LogP contribution is -2.46. The van der Waals surface area contributed by atoms with Crippen LogP contribution in [0.25, 0.3) is 0 Å². The molecular formula is C15H20FN3O7S. The number of nitrogens with zero attached hydrogens (tertiary/aromatic N) is 1. The maximum atomic E-state index is 14.9. The molecule has 1 aromatic rings. The molecule has 27 heavy (non-hydrogen) atoms. The third kappa shape index (κ3) is 4.14. The fraction of sp³-hybridized carbons (Fsp3) is 0.600. The molecule has 5 atom stereocenters. The molecule has 1 aliphatic heterocycles. The Hall–Kier alpha value is -1.99. The van der Waals surface area contributed by atoms with Crippen molar-refractivity contribution in [3.63, 3.8) is 0 Å². The summed E-state index contributed by atoms with van der Waals surface area (Å²) in [4.78, 5) is 36.9. The molecule has 0 radical (unpaired) electrons. The van der Waals surface area contributed by atoms with Crippen LogP contribution in [-0.4, -0.2) is 62.7 Å². The fourth-order valence-corrected chi connectivity index (χ4v) is 2.59. The number of ether oxygens (including phenoxy) is 2. The van der Waals surface area contributed by atoms with Crippen LogP contribution in [0.4, 0.5) is 4.39 Å². The summed E-state index contributed by atoms with van der Waals surface area (Å²) in [5.74, 6) is -4.18. The van der Waals surface area contributed by atoms with E-state index in [0.29, 0.717) is 10.9 Å². The molecule has 0 unspecified atom stereocenters. The molecule has 0 bridgehead atoms. The van der Waals surface area contributed by atoms with Gasteiger partial charge in [0.1, 0.15) is 22.9 Å². The number of aliphatic hydroxyl groups excluding tert-OH is 2. The highest BCUT2D eigenvalue weighted by molar-refractivity contribution is 7.71. The quantitative estimate of drug-likeness (QED) is 0.269. The van der Waals surface area contributed by atoms with E-state index in [9.17, 15) is 29.0 Å². The molecule has 5 N–H and O–H groups in total. The minimum absolute atomic E-state index is 0.111. The maximum Gasteiger partial charge on any atom is 0.328 e. The number of hydrogen-bond acceptors (Lipinski definition) is 9. The molecule has 0 spiro atoms. The third-order valence-corrected chi connectivity index (χ3v) is 4.51. The molecule has 1 fully saturated rings. The molecule has 1 aliphatic rings. The van der Waals surface area contributed by atoms with E-state index in [2.05, 4.69) is 4.98 Å². The van der Waals surface area contributed by atoms with E-state index >= 15 is 0 Å². The Morgan fingerprint density at radius 1 is 1.59 bits per heavy atom. The van der Waals surface area contributed by atoms with E-state index in [-0.39, 0.29) is 16.1 Å². The predicted molar refractivity (Wildman–Crippen MR) is 91.0 cm³/mol. The van der Waals surface area contributed by atoms with Gasteiger partial charge in [-0.15, -0.1) is 0 Å². The average molecular weight is 405 g/mol. The number of alkyl halides is 1. The van der Waals surface area contributed by atoms with Gasteiger partial charge >= 0.3 is 11.7 Å². The molecule has 12 heteroatoms. The molecule has 0 saturated carbocycles. The highest BCUT2D eigenvalue weighted by Gasteiger charge is 2.57. The Bertz CT molecular complexity index is 841. The number of nitrogens with one attached hydrogen (secondary N) is 1. The number of aromatic nitrogens is 2. The summed E-state index contributed by atoms with van der Waals surface area (Å²) >= 11 is 4.79. The van der Waals surface area contributed by atoms with Gasteiger partial charge in [-0.3, -0.25) is 19.1 Å². The van der Waals surface area contributed by atoms with Crippen LogP contribution >= 0.6 is 12.2 Å². The van der Waals surface area contributed by atoms with Crippen molar-refractivity contribution in [1.82, 2.24) is 9.55 Å². The van der Waals surface area contributed by atoms with Crippen LogP contribution in [-0.2, 0) is 14.3 Å². The van der Waals surface area contributed by atoms with E-state index in [1.807, 2.05) is 0 Å². The van der Waals surface area contributed by atoms with Gasteiger partial charge in [0.05, 0.1) is 5.56 Å². The smallest absolute Gasteiger partial charge is 0.328 e. The van der Waals surface area contributed by atoms with Crippen LogP contribution in [0.5, 0.6) is 0 Å². The summed E-state index contributed by atoms with van der Waals surface area (Å²) in [6.07, 6.45) is -4.42. The summed E-state index contributed by atoms with van der Waals surface area (Å²) in [7, 11) is 0. The first-order valence-electron chi connectivity index (χ1n) is 7.97. The molecule has 2 heterocycles. The van der Waals surface area contributed by atoms with E-state index in [0.717, 1.165) is 6.20 Å². The second-order valence-electron chi connectivity index (χ2n) is 6.48. The zero-order valence-corrected chi connectivity index (χ0v) is 15.3. The van der Waals surface area contributed by atoms with Crippen molar-refractivity contribution in [1.29, 1.82) is 0 Å². The summed E-state index contributed by atoms with van der Waals surface area (Å²) in [5, 5.41) is 20.1. The summed E-state index contributed by atoms with van der Waals surface area (Å²) in [6.45, 7) is 2.27. The molecule has 1 saturated heterocycles. The fourth-order valence-electron chi connectivity index (χ4n) is 2.40. The number of carbonyl (C=O) groups is 2. The Kier molecular flexibility index (Phi) is 6.27. The van der Waals surface area contributed by atoms with E-state index in [1.54, 1.807) is 13.8 Å². The van der Waals surface area contributed by atoms with Gasteiger partial charge in [0.25, 0.3) is 5.85 Å². The highest BCUT2D eigenvalue weighted by Crippen LogP contribution is 2.38. The highest BCUT2D eigenvalue weighted by atomic mass is 32.1. The first kappa shape index (κ1) is 21.3. The van der Waals surface area contributed by atoms with Crippen molar-refractivity contribution in [3.8, 4) is 0 Å². The standard InChI is InChI=1S/C15H20FN3O7S/c1-6(2)8(17)13(23)25-5-15(16)10(22)9(21)12(26-15)19-3-7(4-20)11(27)18-14(19)24/h3-4,6,8-10,12,21-22H,5,17H2,1-2H3,(H,18,24,27)/t8-,9+,10-,12+,15+/m0/s1. The SMILES string of the molecule is CC(C)[C@H](N)C(=O)OC[C@@]1(F)O[C@@H](n2cc(C=O)c(=S)[nH]c2=O)[C@H](O)[C@@H]1O.